The number of carbonyl (C=O) groups is 1. The minimum Gasteiger partial charge on any atom is -0.323 e. The lowest BCUT2D eigenvalue weighted by Gasteiger charge is -2.16. The highest BCUT2D eigenvalue weighted by molar-refractivity contribution is 7.19. The van der Waals surface area contributed by atoms with Crippen molar-refractivity contribution in [3.63, 3.8) is 0 Å². The van der Waals surface area contributed by atoms with E-state index in [0.29, 0.717) is 25.9 Å². The molecule has 2 aromatic heterocycles. The highest BCUT2D eigenvalue weighted by Gasteiger charge is 2.22. The summed E-state index contributed by atoms with van der Waals surface area (Å²) in [6, 6.07) is 10.2. The van der Waals surface area contributed by atoms with Gasteiger partial charge in [-0.3, -0.25) is 14.2 Å². The van der Waals surface area contributed by atoms with E-state index < -0.39 is 11.9 Å². The summed E-state index contributed by atoms with van der Waals surface area (Å²) >= 11 is 13.7. The first-order valence-electron chi connectivity index (χ1n) is 10.0. The Morgan fingerprint density at radius 2 is 1.84 bits per heavy atom. The molecular formula is C24H21Cl2N3O2S. The zero-order chi connectivity index (χ0) is 23.2. The maximum atomic E-state index is 13.5. The molecule has 1 atom stereocenters. The van der Waals surface area contributed by atoms with Crippen LogP contribution in [-0.2, 0) is 4.79 Å². The molecule has 1 amide bonds. The highest BCUT2D eigenvalue weighted by Crippen LogP contribution is 2.36. The van der Waals surface area contributed by atoms with Gasteiger partial charge in [-0.25, -0.2) is 4.98 Å². The Morgan fingerprint density at radius 3 is 2.56 bits per heavy atom. The molecule has 0 spiro atoms. The Bertz CT molecular complexity index is 1430. The molecule has 32 heavy (non-hydrogen) atoms. The first kappa shape index (κ1) is 22.5. The molecule has 0 fully saturated rings. The fourth-order valence-electron chi connectivity index (χ4n) is 3.59. The second kappa shape index (κ2) is 8.70. The van der Waals surface area contributed by atoms with Crippen molar-refractivity contribution >= 4 is 56.3 Å². The molecule has 0 saturated heterocycles. The second-order valence-electron chi connectivity index (χ2n) is 7.76. The molecule has 1 unspecified atom stereocenters. The van der Waals surface area contributed by atoms with E-state index in [1.807, 2.05) is 26.0 Å². The minimum absolute atomic E-state index is 0.257. The highest BCUT2D eigenvalue weighted by atomic mass is 35.5. The first-order valence-corrected chi connectivity index (χ1v) is 11.6. The fraction of sp³-hybridized carbons (Fsp3) is 0.208. The molecule has 4 rings (SSSR count). The summed E-state index contributed by atoms with van der Waals surface area (Å²) in [6.07, 6.45) is 1.43. The number of fused-ring (bicyclic) bond motifs is 1. The monoisotopic (exact) mass is 485 g/mol. The number of nitrogens with zero attached hydrogens (tertiary/aromatic N) is 2. The van der Waals surface area contributed by atoms with E-state index in [4.69, 9.17) is 23.2 Å². The van der Waals surface area contributed by atoms with Crippen LogP contribution in [0.5, 0.6) is 0 Å². The molecule has 8 heteroatoms. The van der Waals surface area contributed by atoms with Crippen molar-refractivity contribution in [1.29, 1.82) is 0 Å². The SMILES string of the molecule is Cc1ccc(-c2c(C)sc3ncn(C(C)C(=O)Nc4cc(Cl)ccc4Cl)c(=O)c23)cc1C. The van der Waals surface area contributed by atoms with Crippen molar-refractivity contribution in [2.24, 2.45) is 0 Å². The summed E-state index contributed by atoms with van der Waals surface area (Å²) < 4.78 is 1.35. The van der Waals surface area contributed by atoms with E-state index in [-0.39, 0.29) is 5.56 Å². The number of benzene rings is 2. The molecule has 0 aliphatic rings. The fourth-order valence-corrected chi connectivity index (χ4v) is 4.93. The van der Waals surface area contributed by atoms with Gasteiger partial charge in [-0.05, 0) is 62.6 Å². The van der Waals surface area contributed by atoms with E-state index in [0.717, 1.165) is 21.6 Å². The van der Waals surface area contributed by atoms with Crippen LogP contribution in [-0.4, -0.2) is 15.5 Å². The van der Waals surface area contributed by atoms with Crippen LogP contribution >= 0.6 is 34.5 Å². The average molecular weight is 486 g/mol. The van der Waals surface area contributed by atoms with Gasteiger partial charge in [0.2, 0.25) is 5.91 Å². The number of halogens is 2. The van der Waals surface area contributed by atoms with Crippen LogP contribution in [0.1, 0.15) is 29.0 Å². The molecule has 0 aliphatic heterocycles. The molecule has 164 valence electrons. The van der Waals surface area contributed by atoms with Gasteiger partial charge in [0.15, 0.2) is 0 Å². The molecule has 0 aliphatic carbocycles. The normalized spacial score (nSPS) is 12.2. The number of thiophene rings is 1. The van der Waals surface area contributed by atoms with Crippen molar-refractivity contribution in [2.75, 3.05) is 5.32 Å². The lowest BCUT2D eigenvalue weighted by atomic mass is 9.99. The maximum Gasteiger partial charge on any atom is 0.263 e. The molecule has 2 aromatic carbocycles. The maximum absolute atomic E-state index is 13.5. The number of aryl methyl sites for hydroxylation is 3. The number of carbonyl (C=O) groups excluding carboxylic acids is 1. The van der Waals surface area contributed by atoms with Crippen LogP contribution in [0.25, 0.3) is 21.3 Å². The van der Waals surface area contributed by atoms with E-state index >= 15 is 0 Å². The molecule has 0 radical (unpaired) electrons. The Morgan fingerprint density at radius 1 is 1.09 bits per heavy atom. The second-order valence-corrected chi connectivity index (χ2v) is 9.81. The van der Waals surface area contributed by atoms with Crippen LogP contribution in [0.15, 0.2) is 47.5 Å². The summed E-state index contributed by atoms with van der Waals surface area (Å²) in [5.74, 6) is -0.392. The van der Waals surface area contributed by atoms with E-state index in [2.05, 4.69) is 23.3 Å². The molecule has 5 nitrogen and oxygen atoms in total. The Hall–Kier alpha value is -2.67. The molecule has 2 heterocycles. The predicted molar refractivity (Wildman–Crippen MR) is 133 cm³/mol. The van der Waals surface area contributed by atoms with Crippen LogP contribution in [0.3, 0.4) is 0 Å². The van der Waals surface area contributed by atoms with Gasteiger partial charge in [-0.15, -0.1) is 11.3 Å². The minimum atomic E-state index is -0.803. The summed E-state index contributed by atoms with van der Waals surface area (Å²) in [5.41, 5.74) is 4.30. The van der Waals surface area contributed by atoms with Gasteiger partial charge in [0.25, 0.3) is 5.56 Å². The lowest BCUT2D eigenvalue weighted by Crippen LogP contribution is -2.31. The van der Waals surface area contributed by atoms with Crippen molar-refractivity contribution in [2.45, 2.75) is 33.7 Å². The summed E-state index contributed by atoms with van der Waals surface area (Å²) in [6.45, 7) is 7.74. The molecule has 1 N–H and O–H groups in total. The number of nitrogens with one attached hydrogen (secondary N) is 1. The largest absolute Gasteiger partial charge is 0.323 e. The Labute approximate surface area is 199 Å². The molecular weight excluding hydrogens is 465 g/mol. The average Bonchev–Trinajstić information content (AvgIpc) is 3.09. The van der Waals surface area contributed by atoms with Crippen molar-refractivity contribution < 1.29 is 4.79 Å². The number of rotatable bonds is 4. The van der Waals surface area contributed by atoms with Crippen molar-refractivity contribution in [3.8, 4) is 11.1 Å². The van der Waals surface area contributed by atoms with Gasteiger partial charge in [-0.2, -0.15) is 0 Å². The number of hydrogen-bond acceptors (Lipinski definition) is 4. The van der Waals surface area contributed by atoms with E-state index in [1.54, 1.807) is 25.1 Å². The van der Waals surface area contributed by atoms with E-state index in [1.165, 1.54) is 27.8 Å². The summed E-state index contributed by atoms with van der Waals surface area (Å²) in [7, 11) is 0. The third kappa shape index (κ3) is 4.06. The summed E-state index contributed by atoms with van der Waals surface area (Å²) in [4.78, 5) is 32.6. The van der Waals surface area contributed by atoms with E-state index in [9.17, 15) is 9.59 Å². The van der Waals surface area contributed by atoms with Gasteiger partial charge in [0.1, 0.15) is 10.9 Å². The molecule has 4 aromatic rings. The topological polar surface area (TPSA) is 64.0 Å². The van der Waals surface area contributed by atoms with Crippen molar-refractivity contribution in [1.82, 2.24) is 9.55 Å². The van der Waals surface area contributed by atoms with Gasteiger partial charge < -0.3 is 5.32 Å². The van der Waals surface area contributed by atoms with Crippen LogP contribution in [0.2, 0.25) is 10.0 Å². The van der Waals surface area contributed by atoms with Gasteiger partial charge >= 0.3 is 0 Å². The van der Waals surface area contributed by atoms with Gasteiger partial charge in [-0.1, -0.05) is 41.4 Å². The predicted octanol–water partition coefficient (Wildman–Crippen LogP) is 6.56. The van der Waals surface area contributed by atoms with Crippen molar-refractivity contribution in [3.05, 3.63) is 79.1 Å². The zero-order valence-electron chi connectivity index (χ0n) is 18.0. The lowest BCUT2D eigenvalue weighted by molar-refractivity contribution is -0.118. The molecule has 0 saturated carbocycles. The standard InChI is InChI=1S/C24H21Cl2N3O2S/c1-12-5-6-16(9-13(12)2)20-15(4)32-23-21(20)24(31)29(11-27-23)14(3)22(30)28-19-10-17(25)7-8-18(19)26/h5-11,14H,1-4H3,(H,28,30). The van der Waals surface area contributed by atoms with Crippen LogP contribution in [0.4, 0.5) is 5.69 Å². The number of amides is 1. The molecule has 0 bridgehead atoms. The van der Waals surface area contributed by atoms with Gasteiger partial charge in [0, 0.05) is 15.5 Å². The third-order valence-corrected chi connectivity index (χ3v) is 7.17. The number of aromatic nitrogens is 2. The number of anilines is 1. The third-order valence-electron chi connectivity index (χ3n) is 5.59. The summed E-state index contributed by atoms with van der Waals surface area (Å²) in [5, 5.41) is 4.09. The quantitative estimate of drug-likeness (QED) is 0.356. The zero-order valence-corrected chi connectivity index (χ0v) is 20.3. The Balaban J connectivity index is 1.77. The van der Waals surface area contributed by atoms with Gasteiger partial charge in [0.05, 0.1) is 22.4 Å². The van der Waals surface area contributed by atoms with Crippen LogP contribution < -0.4 is 10.9 Å². The van der Waals surface area contributed by atoms with Crippen LogP contribution in [0, 0.1) is 20.8 Å². The number of hydrogen-bond donors (Lipinski definition) is 1. The first-order chi connectivity index (χ1) is 15.2. The Kier molecular flexibility index (Phi) is 6.12. The smallest absolute Gasteiger partial charge is 0.263 e.